The fourth-order valence-corrected chi connectivity index (χ4v) is 2.09. The lowest BCUT2D eigenvalue weighted by molar-refractivity contribution is 0.276. The van der Waals surface area contributed by atoms with Crippen molar-refractivity contribution in [1.29, 1.82) is 0 Å². The summed E-state index contributed by atoms with van der Waals surface area (Å²) in [5, 5.41) is 0. The van der Waals surface area contributed by atoms with E-state index in [1.807, 2.05) is 12.1 Å². The van der Waals surface area contributed by atoms with Crippen LogP contribution in [0.25, 0.3) is 0 Å². The zero-order valence-corrected chi connectivity index (χ0v) is 11.8. The molecule has 0 spiro atoms. The predicted molar refractivity (Wildman–Crippen MR) is 73.4 cm³/mol. The van der Waals surface area contributed by atoms with E-state index in [0.29, 0.717) is 0 Å². The van der Waals surface area contributed by atoms with E-state index in [-0.39, 0.29) is 0 Å². The van der Waals surface area contributed by atoms with E-state index in [9.17, 15) is 0 Å². The molecule has 0 saturated heterocycles. The first kappa shape index (κ1) is 13.5. The van der Waals surface area contributed by atoms with Crippen molar-refractivity contribution in [3.63, 3.8) is 0 Å². The van der Waals surface area contributed by atoms with Gasteiger partial charge in [-0.05, 0) is 44.9 Å². The quantitative estimate of drug-likeness (QED) is 0.841. The number of benzene rings is 1. The van der Waals surface area contributed by atoms with Crippen LogP contribution in [0.5, 0.6) is 0 Å². The highest BCUT2D eigenvalue weighted by molar-refractivity contribution is 9.10. The van der Waals surface area contributed by atoms with Gasteiger partial charge in [-0.1, -0.05) is 15.9 Å². The number of nitrogen functional groups attached to an aromatic ring is 1. The van der Waals surface area contributed by atoms with Gasteiger partial charge in [0.05, 0.1) is 0 Å². The van der Waals surface area contributed by atoms with Crippen molar-refractivity contribution in [2.75, 3.05) is 40.0 Å². The molecule has 1 aromatic rings. The second kappa shape index (κ2) is 6.23. The summed E-state index contributed by atoms with van der Waals surface area (Å²) < 4.78 is 1.04. The number of hydrogen-bond acceptors (Lipinski definition) is 3. The van der Waals surface area contributed by atoms with E-state index >= 15 is 0 Å². The van der Waals surface area contributed by atoms with Crippen molar-refractivity contribution in [3.05, 3.63) is 28.2 Å². The van der Waals surface area contributed by atoms with Gasteiger partial charge in [0.2, 0.25) is 0 Å². The molecule has 0 amide bonds. The standard InChI is InChI=1S/C12H20BrN3/c1-15(2)4-5-16(3)9-10-6-11(13)8-12(14)7-10/h6-8H,4-5,9,14H2,1-3H3. The zero-order chi connectivity index (χ0) is 12.1. The van der Waals surface area contributed by atoms with Crippen LogP contribution in [0.2, 0.25) is 0 Å². The number of nitrogens with two attached hydrogens (primary N) is 1. The largest absolute Gasteiger partial charge is 0.399 e. The Morgan fingerprint density at radius 1 is 1.12 bits per heavy atom. The summed E-state index contributed by atoms with van der Waals surface area (Å²) in [5.74, 6) is 0. The van der Waals surface area contributed by atoms with Crippen molar-refractivity contribution in [2.24, 2.45) is 0 Å². The molecule has 2 N–H and O–H groups in total. The summed E-state index contributed by atoms with van der Waals surface area (Å²) in [4.78, 5) is 4.48. The molecule has 0 heterocycles. The monoisotopic (exact) mass is 285 g/mol. The topological polar surface area (TPSA) is 32.5 Å². The normalized spacial score (nSPS) is 11.4. The molecule has 0 aliphatic rings. The van der Waals surface area contributed by atoms with Crippen LogP contribution in [-0.2, 0) is 6.54 Å². The fraction of sp³-hybridized carbons (Fsp3) is 0.500. The second-order valence-electron chi connectivity index (χ2n) is 4.43. The third-order valence-electron chi connectivity index (χ3n) is 2.36. The molecule has 0 fully saturated rings. The molecule has 0 aromatic heterocycles. The number of likely N-dealkylation sites (N-methyl/N-ethyl adjacent to an activating group) is 2. The molecule has 4 heteroatoms. The Morgan fingerprint density at radius 3 is 2.38 bits per heavy atom. The van der Waals surface area contributed by atoms with Crippen LogP contribution in [0.1, 0.15) is 5.56 Å². The van der Waals surface area contributed by atoms with Crippen LogP contribution < -0.4 is 5.73 Å². The Morgan fingerprint density at radius 2 is 1.81 bits per heavy atom. The summed E-state index contributed by atoms with van der Waals surface area (Å²) in [6.45, 7) is 3.05. The molecule has 0 aliphatic heterocycles. The fourth-order valence-electron chi connectivity index (χ4n) is 1.53. The first-order chi connectivity index (χ1) is 7.47. The van der Waals surface area contributed by atoms with Gasteiger partial charge in [0.1, 0.15) is 0 Å². The molecule has 0 radical (unpaired) electrons. The van der Waals surface area contributed by atoms with Gasteiger partial charge in [0.25, 0.3) is 0 Å². The number of anilines is 1. The minimum absolute atomic E-state index is 0.811. The molecule has 0 unspecified atom stereocenters. The molecule has 0 atom stereocenters. The zero-order valence-electron chi connectivity index (χ0n) is 10.2. The third kappa shape index (κ3) is 4.96. The van der Waals surface area contributed by atoms with Crippen molar-refractivity contribution < 1.29 is 0 Å². The summed E-state index contributed by atoms with van der Waals surface area (Å²) >= 11 is 3.46. The lowest BCUT2D eigenvalue weighted by Crippen LogP contribution is -2.28. The smallest absolute Gasteiger partial charge is 0.0328 e. The summed E-state index contributed by atoms with van der Waals surface area (Å²) in [7, 11) is 6.30. The van der Waals surface area contributed by atoms with Crippen LogP contribution in [0.3, 0.4) is 0 Å². The Kier molecular flexibility index (Phi) is 5.25. The van der Waals surface area contributed by atoms with Crippen LogP contribution in [0.4, 0.5) is 5.69 Å². The Hall–Kier alpha value is -0.580. The molecule has 90 valence electrons. The molecule has 16 heavy (non-hydrogen) atoms. The number of halogens is 1. The highest BCUT2D eigenvalue weighted by Gasteiger charge is 2.02. The number of rotatable bonds is 5. The number of hydrogen-bond donors (Lipinski definition) is 1. The number of nitrogens with zero attached hydrogens (tertiary/aromatic N) is 2. The maximum absolute atomic E-state index is 5.80. The van der Waals surface area contributed by atoms with Crippen molar-refractivity contribution in [3.8, 4) is 0 Å². The highest BCUT2D eigenvalue weighted by atomic mass is 79.9. The maximum atomic E-state index is 5.80. The molecule has 0 saturated carbocycles. The first-order valence-corrected chi connectivity index (χ1v) is 6.15. The van der Waals surface area contributed by atoms with E-state index in [2.05, 4.69) is 52.9 Å². The van der Waals surface area contributed by atoms with Gasteiger partial charge >= 0.3 is 0 Å². The first-order valence-electron chi connectivity index (χ1n) is 5.35. The average Bonchev–Trinajstić information content (AvgIpc) is 2.12. The van der Waals surface area contributed by atoms with Gasteiger partial charge in [-0.3, -0.25) is 0 Å². The van der Waals surface area contributed by atoms with Crippen LogP contribution in [0.15, 0.2) is 22.7 Å². The lowest BCUT2D eigenvalue weighted by Gasteiger charge is -2.19. The third-order valence-corrected chi connectivity index (χ3v) is 2.82. The molecule has 3 nitrogen and oxygen atoms in total. The highest BCUT2D eigenvalue weighted by Crippen LogP contribution is 2.18. The van der Waals surface area contributed by atoms with Gasteiger partial charge in [-0.25, -0.2) is 0 Å². The van der Waals surface area contributed by atoms with Crippen LogP contribution >= 0.6 is 15.9 Å². The summed E-state index contributed by atoms with van der Waals surface area (Å²) in [5.41, 5.74) is 7.85. The van der Waals surface area contributed by atoms with E-state index in [1.54, 1.807) is 0 Å². The Balaban J connectivity index is 2.52. The van der Waals surface area contributed by atoms with Gasteiger partial charge in [0.15, 0.2) is 0 Å². The van der Waals surface area contributed by atoms with Gasteiger partial charge in [-0.15, -0.1) is 0 Å². The van der Waals surface area contributed by atoms with Gasteiger partial charge in [-0.2, -0.15) is 0 Å². The SMILES string of the molecule is CN(C)CCN(C)Cc1cc(N)cc(Br)c1. The van der Waals surface area contributed by atoms with Gasteiger partial charge in [0, 0.05) is 29.8 Å². The maximum Gasteiger partial charge on any atom is 0.0328 e. The van der Waals surface area contributed by atoms with E-state index in [0.717, 1.165) is 29.8 Å². The van der Waals surface area contributed by atoms with Crippen LogP contribution in [0, 0.1) is 0 Å². The Labute approximate surface area is 106 Å². The van der Waals surface area contributed by atoms with Crippen LogP contribution in [-0.4, -0.2) is 44.0 Å². The van der Waals surface area contributed by atoms with E-state index in [4.69, 9.17) is 5.73 Å². The summed E-state index contributed by atoms with van der Waals surface area (Å²) in [6.07, 6.45) is 0. The summed E-state index contributed by atoms with van der Waals surface area (Å²) in [6, 6.07) is 6.06. The molecule has 1 aromatic carbocycles. The van der Waals surface area contributed by atoms with Crippen molar-refractivity contribution in [1.82, 2.24) is 9.80 Å². The van der Waals surface area contributed by atoms with Crippen molar-refractivity contribution >= 4 is 21.6 Å². The van der Waals surface area contributed by atoms with E-state index < -0.39 is 0 Å². The molecule has 0 aliphatic carbocycles. The minimum atomic E-state index is 0.811. The molecule has 1 rings (SSSR count). The molecule has 0 bridgehead atoms. The molecular weight excluding hydrogens is 266 g/mol. The Bertz CT molecular complexity index is 319. The van der Waals surface area contributed by atoms with Crippen molar-refractivity contribution in [2.45, 2.75) is 6.54 Å². The van der Waals surface area contributed by atoms with E-state index in [1.165, 1.54) is 5.56 Å². The lowest BCUT2D eigenvalue weighted by atomic mass is 10.2. The minimum Gasteiger partial charge on any atom is -0.399 e. The predicted octanol–water partition coefficient (Wildman–Crippen LogP) is 2.02. The molecular formula is C12H20BrN3. The average molecular weight is 286 g/mol. The second-order valence-corrected chi connectivity index (χ2v) is 5.35. The van der Waals surface area contributed by atoms with Gasteiger partial charge < -0.3 is 15.5 Å².